The number of amides is 2. The van der Waals surface area contributed by atoms with Crippen molar-refractivity contribution >= 4 is 35.1 Å². The molecule has 2 aromatic carbocycles. The predicted molar refractivity (Wildman–Crippen MR) is 101 cm³/mol. The van der Waals surface area contributed by atoms with Gasteiger partial charge in [-0.15, -0.1) is 0 Å². The zero-order chi connectivity index (χ0) is 21.4. The molecule has 0 fully saturated rings. The van der Waals surface area contributed by atoms with Crippen LogP contribution >= 0.6 is 11.6 Å². The third-order valence-electron chi connectivity index (χ3n) is 3.50. The van der Waals surface area contributed by atoms with Crippen molar-refractivity contribution in [3.63, 3.8) is 0 Å². The smallest absolute Gasteiger partial charge is 0.387 e. The monoisotopic (exact) mass is 426 g/mol. The van der Waals surface area contributed by atoms with Gasteiger partial charge in [0.05, 0.1) is 10.6 Å². The quantitative estimate of drug-likeness (QED) is 0.631. The molecule has 0 unspecified atom stereocenters. The first-order valence-corrected chi connectivity index (χ1v) is 8.67. The Bertz CT molecular complexity index is 891. The van der Waals surface area contributed by atoms with Gasteiger partial charge in [0, 0.05) is 19.2 Å². The highest BCUT2D eigenvalue weighted by atomic mass is 35.5. The molecule has 7 nitrogen and oxygen atoms in total. The van der Waals surface area contributed by atoms with Crippen molar-refractivity contribution in [2.24, 2.45) is 0 Å². The summed E-state index contributed by atoms with van der Waals surface area (Å²) in [5, 5.41) is 4.94. The standard InChI is InChI=1S/C19H17ClF2N2O5/c1-11(25)23-9-12-2-4-13(5-3-12)18(27)28-10-17(26)24-14-6-7-16(15(20)8-14)29-19(21)22/h2-8,19H,9-10H2,1H3,(H,23,25)(H,24,26). The van der Waals surface area contributed by atoms with Gasteiger partial charge in [0.15, 0.2) is 6.61 Å². The number of halogens is 3. The van der Waals surface area contributed by atoms with Crippen LogP contribution < -0.4 is 15.4 Å². The van der Waals surface area contributed by atoms with Crippen LogP contribution in [-0.2, 0) is 20.9 Å². The molecule has 2 rings (SSSR count). The average molecular weight is 427 g/mol. The second-order valence-corrected chi connectivity index (χ2v) is 6.16. The van der Waals surface area contributed by atoms with E-state index < -0.39 is 25.1 Å². The van der Waals surface area contributed by atoms with Crippen molar-refractivity contribution in [1.29, 1.82) is 0 Å². The highest BCUT2D eigenvalue weighted by Crippen LogP contribution is 2.28. The SMILES string of the molecule is CC(=O)NCc1ccc(C(=O)OCC(=O)Nc2ccc(OC(F)F)c(Cl)c2)cc1. The fourth-order valence-corrected chi connectivity index (χ4v) is 2.39. The van der Waals surface area contributed by atoms with Gasteiger partial charge in [-0.05, 0) is 35.9 Å². The molecule has 0 aliphatic heterocycles. The maximum absolute atomic E-state index is 12.2. The predicted octanol–water partition coefficient (Wildman–Crippen LogP) is 3.37. The summed E-state index contributed by atoms with van der Waals surface area (Å²) in [6.07, 6.45) is 0. The fraction of sp³-hybridized carbons (Fsp3) is 0.211. The number of carbonyl (C=O) groups excluding carboxylic acids is 3. The van der Waals surface area contributed by atoms with E-state index in [1.165, 1.54) is 37.3 Å². The fourth-order valence-electron chi connectivity index (χ4n) is 2.17. The van der Waals surface area contributed by atoms with Crippen LogP contribution in [0.2, 0.25) is 5.02 Å². The number of rotatable bonds is 8. The number of anilines is 1. The Morgan fingerprint density at radius 3 is 2.38 bits per heavy atom. The Hall–Kier alpha value is -3.20. The normalized spacial score (nSPS) is 10.4. The van der Waals surface area contributed by atoms with E-state index in [-0.39, 0.29) is 27.9 Å². The summed E-state index contributed by atoms with van der Waals surface area (Å²) >= 11 is 5.80. The Morgan fingerprint density at radius 2 is 1.79 bits per heavy atom. The Balaban J connectivity index is 1.84. The largest absolute Gasteiger partial charge is 0.452 e. The maximum atomic E-state index is 12.2. The van der Waals surface area contributed by atoms with Crippen LogP contribution in [0.3, 0.4) is 0 Å². The zero-order valence-electron chi connectivity index (χ0n) is 15.2. The van der Waals surface area contributed by atoms with Gasteiger partial charge in [-0.3, -0.25) is 9.59 Å². The first-order valence-electron chi connectivity index (χ1n) is 8.29. The molecule has 0 atom stereocenters. The van der Waals surface area contributed by atoms with Crippen LogP contribution in [0.4, 0.5) is 14.5 Å². The minimum Gasteiger partial charge on any atom is -0.452 e. The van der Waals surface area contributed by atoms with Gasteiger partial charge in [-0.1, -0.05) is 23.7 Å². The minimum atomic E-state index is -3.02. The van der Waals surface area contributed by atoms with Gasteiger partial charge in [0.25, 0.3) is 5.91 Å². The lowest BCUT2D eigenvalue weighted by Gasteiger charge is -2.10. The van der Waals surface area contributed by atoms with E-state index in [9.17, 15) is 23.2 Å². The lowest BCUT2D eigenvalue weighted by Crippen LogP contribution is -2.21. The lowest BCUT2D eigenvalue weighted by molar-refractivity contribution is -0.119. The van der Waals surface area contributed by atoms with Crippen LogP contribution in [0.25, 0.3) is 0 Å². The summed E-state index contributed by atoms with van der Waals surface area (Å²) in [7, 11) is 0. The average Bonchev–Trinajstić information content (AvgIpc) is 2.66. The molecular formula is C19H17ClF2N2O5. The molecule has 2 amide bonds. The number of hydrogen-bond acceptors (Lipinski definition) is 5. The number of hydrogen-bond donors (Lipinski definition) is 2. The molecule has 10 heteroatoms. The first-order chi connectivity index (χ1) is 13.7. The van der Waals surface area contributed by atoms with E-state index in [1.54, 1.807) is 12.1 Å². The van der Waals surface area contributed by atoms with E-state index in [0.717, 1.165) is 5.56 Å². The lowest BCUT2D eigenvalue weighted by atomic mass is 10.1. The molecule has 0 saturated carbocycles. The van der Waals surface area contributed by atoms with Crippen LogP contribution in [0.15, 0.2) is 42.5 Å². The molecule has 0 aliphatic rings. The number of benzene rings is 2. The number of esters is 1. The number of nitrogens with one attached hydrogen (secondary N) is 2. The molecule has 0 heterocycles. The van der Waals surface area contributed by atoms with Crippen LogP contribution in [0.5, 0.6) is 5.75 Å². The van der Waals surface area contributed by atoms with E-state index in [4.69, 9.17) is 16.3 Å². The summed E-state index contributed by atoms with van der Waals surface area (Å²) in [5.41, 5.74) is 1.26. The zero-order valence-corrected chi connectivity index (χ0v) is 16.0. The molecule has 154 valence electrons. The molecule has 2 N–H and O–H groups in total. The van der Waals surface area contributed by atoms with Gasteiger partial charge in [-0.2, -0.15) is 8.78 Å². The molecule has 0 saturated heterocycles. The second kappa shape index (κ2) is 10.4. The van der Waals surface area contributed by atoms with Crippen LogP contribution in [0.1, 0.15) is 22.8 Å². The van der Waals surface area contributed by atoms with Crippen molar-refractivity contribution in [3.8, 4) is 5.75 Å². The molecule has 0 aliphatic carbocycles. The highest BCUT2D eigenvalue weighted by molar-refractivity contribution is 6.32. The molecule has 0 spiro atoms. The van der Waals surface area contributed by atoms with Gasteiger partial charge in [0.2, 0.25) is 5.91 Å². The van der Waals surface area contributed by atoms with Gasteiger partial charge in [-0.25, -0.2) is 4.79 Å². The van der Waals surface area contributed by atoms with Gasteiger partial charge in [0.1, 0.15) is 5.75 Å². The summed E-state index contributed by atoms with van der Waals surface area (Å²) in [4.78, 5) is 34.8. The molecule has 2 aromatic rings. The highest BCUT2D eigenvalue weighted by Gasteiger charge is 2.13. The minimum absolute atomic E-state index is 0.112. The molecular weight excluding hydrogens is 410 g/mol. The van der Waals surface area contributed by atoms with E-state index in [2.05, 4.69) is 15.4 Å². The van der Waals surface area contributed by atoms with Crippen molar-refractivity contribution < 1.29 is 32.6 Å². The Morgan fingerprint density at radius 1 is 1.10 bits per heavy atom. The summed E-state index contributed by atoms with van der Waals surface area (Å²) < 4.78 is 33.5. The summed E-state index contributed by atoms with van der Waals surface area (Å²) in [6.45, 7) is -1.85. The molecule has 0 radical (unpaired) electrons. The molecule has 29 heavy (non-hydrogen) atoms. The van der Waals surface area contributed by atoms with Gasteiger partial charge < -0.3 is 20.1 Å². The van der Waals surface area contributed by atoms with Gasteiger partial charge >= 0.3 is 12.6 Å². The van der Waals surface area contributed by atoms with E-state index in [0.29, 0.717) is 6.54 Å². The van der Waals surface area contributed by atoms with Crippen molar-refractivity contribution in [1.82, 2.24) is 5.32 Å². The second-order valence-electron chi connectivity index (χ2n) is 5.75. The maximum Gasteiger partial charge on any atom is 0.387 e. The Labute approximate surface area is 169 Å². The van der Waals surface area contributed by atoms with Crippen molar-refractivity contribution in [2.75, 3.05) is 11.9 Å². The van der Waals surface area contributed by atoms with Crippen molar-refractivity contribution in [2.45, 2.75) is 20.1 Å². The molecule has 0 aromatic heterocycles. The molecule has 0 bridgehead atoms. The number of ether oxygens (including phenoxy) is 2. The first kappa shape index (κ1) is 22.1. The Kier molecular flexibility index (Phi) is 7.90. The van der Waals surface area contributed by atoms with Crippen molar-refractivity contribution in [3.05, 3.63) is 58.6 Å². The third kappa shape index (κ3) is 7.38. The van der Waals surface area contributed by atoms with E-state index >= 15 is 0 Å². The van der Waals surface area contributed by atoms with Crippen LogP contribution in [0, 0.1) is 0 Å². The number of alkyl halides is 2. The van der Waals surface area contributed by atoms with E-state index in [1.807, 2.05) is 0 Å². The number of carbonyl (C=O) groups is 3. The summed E-state index contributed by atoms with van der Waals surface area (Å²) in [6, 6.07) is 10.1. The topological polar surface area (TPSA) is 93.7 Å². The third-order valence-corrected chi connectivity index (χ3v) is 3.79. The van der Waals surface area contributed by atoms with Crippen LogP contribution in [-0.4, -0.2) is 31.0 Å². The summed E-state index contributed by atoms with van der Waals surface area (Å²) in [5.74, 6) is -1.74.